The highest BCUT2D eigenvalue weighted by atomic mass is 16.5. The molecule has 31 N–H and O–H groups in total. The van der Waals surface area contributed by atoms with Crippen LogP contribution < -0.4 is 104 Å². The van der Waals surface area contributed by atoms with Crippen molar-refractivity contribution in [3.63, 3.8) is 0 Å². The Labute approximate surface area is 623 Å². The summed E-state index contributed by atoms with van der Waals surface area (Å²) in [7, 11) is 0. The minimum absolute atomic E-state index is 0.00478. The maximum absolute atomic E-state index is 14.4. The molecule has 0 saturated carbocycles. The molecule has 0 aromatic heterocycles. The van der Waals surface area contributed by atoms with E-state index in [1.54, 1.807) is 0 Å². The minimum atomic E-state index is -2.02. The second kappa shape index (κ2) is 45.5. The number of amides is 11. The van der Waals surface area contributed by atoms with Gasteiger partial charge in [0.2, 0.25) is 59.1 Å². The average Bonchev–Trinajstić information content (AvgIpc) is 1.62. The van der Waals surface area contributed by atoms with Crippen molar-refractivity contribution in [1.29, 1.82) is 16.2 Å². The average molecular weight is 1510 g/mol. The lowest BCUT2D eigenvalue weighted by molar-refractivity contribution is -0.142. The number of nitrogens with two attached hydrogens (primary N) is 6. The van der Waals surface area contributed by atoms with E-state index in [1.165, 1.54) is 38.1 Å². The molecule has 1 aliphatic rings. The van der Waals surface area contributed by atoms with E-state index >= 15 is 0 Å². The summed E-state index contributed by atoms with van der Waals surface area (Å²) in [4.78, 5) is 177. The molecule has 8 atom stereocenters. The lowest BCUT2D eigenvalue weighted by Gasteiger charge is -2.30. The molecule has 11 amide bonds. The number of benzene rings is 3. The van der Waals surface area contributed by atoms with Gasteiger partial charge in [0.05, 0.1) is 13.0 Å². The van der Waals surface area contributed by atoms with Crippen LogP contribution in [0, 0.1) is 16.2 Å². The number of aliphatic carboxylic acids is 2. The first-order chi connectivity index (χ1) is 51.2. The molecule has 0 bridgehead atoms. The smallest absolute Gasteiger partial charge is 0.407 e. The summed E-state index contributed by atoms with van der Waals surface area (Å²) < 4.78 is 5.64. The van der Waals surface area contributed by atoms with Crippen LogP contribution >= 0.6 is 0 Å². The lowest BCUT2D eigenvalue weighted by atomic mass is 9.98. The van der Waals surface area contributed by atoms with Gasteiger partial charge in [-0.05, 0) is 150 Å². The Bertz CT molecular complexity index is 3590. The summed E-state index contributed by atoms with van der Waals surface area (Å²) >= 11 is 0. The molecule has 108 heavy (non-hydrogen) atoms. The summed E-state index contributed by atoms with van der Waals surface area (Å²) in [5, 5.41) is 84.6. The fraction of sp³-hybridized carbons (Fsp3) is 0.507. The van der Waals surface area contributed by atoms with Gasteiger partial charge in [0, 0.05) is 38.4 Å². The van der Waals surface area contributed by atoms with Gasteiger partial charge in [0.15, 0.2) is 17.9 Å². The second-order valence-electron chi connectivity index (χ2n) is 26.1. The molecule has 0 fully saturated rings. The number of fused-ring (bicyclic) bond motifs is 3. The number of ether oxygens (including phenoxy) is 1. The van der Waals surface area contributed by atoms with Crippen LogP contribution in [0.15, 0.2) is 72.8 Å². The molecule has 0 saturated heterocycles. The summed E-state index contributed by atoms with van der Waals surface area (Å²) in [5.41, 5.74) is 35.3. The van der Waals surface area contributed by atoms with Crippen molar-refractivity contribution in [2.24, 2.45) is 34.4 Å². The quantitative estimate of drug-likeness (QED) is 0.0146. The number of carbonyl (C=O) groups is 13. The first-order valence-electron chi connectivity index (χ1n) is 35.2. The molecule has 4 rings (SSSR count). The standard InChI is InChI=1S/C69H104N22O17/c1-69(2,91-62(103)51(34-38-23-25-39(92)26-24-38)88-61(102)49(27-28-55(95)96)90-68(107)108-37-44-42-16-5-3-14-40(42)41-15-4-6-17-43(41)44)64(106)89-52(35-53(72)93)56(97)82-36-54(94)83-45(20-11-31-79-65(73)74)57(98)84-46(18-7-9-29-70)58(99)85-47(19-8-10-30-71)59(100)86-48(21-12-32-80-66(75)76)60(101)87-50(63(104)105)22-13-33-81-67(77)78/h3-6,14-17,23-26,44-52,92H,7-13,18-22,27-37,70-71H2,1-2H3,(H2,72,93)(H,82,97)(H,83,94)(H,84,98)(H,85,99)(H,86,100)(H,87,101)(H,88,102)(H,89,106)(H,90,107)(H,91,103)(H,95,96)(H,104,105)(H4,73,74,79)(H4,75,76,80)(H4,77,78,81)/t45-,46-,47-,48-,49-,50-,51-,52-/m0/s1. The molecule has 1 aliphatic carbocycles. The molecule has 3 aromatic carbocycles. The number of phenolic OH excluding ortho intramolecular Hbond substituents is 1. The predicted molar refractivity (Wildman–Crippen MR) is 394 cm³/mol. The number of carboxylic acids is 2. The normalized spacial score (nSPS) is 13.6. The number of guanidine groups is 3. The zero-order valence-electron chi connectivity index (χ0n) is 60.4. The molecule has 3 aromatic rings. The molecule has 39 heteroatoms. The van der Waals surface area contributed by atoms with Gasteiger partial charge in [-0.25, -0.2) is 9.59 Å². The van der Waals surface area contributed by atoms with Gasteiger partial charge in [0.1, 0.15) is 66.2 Å². The SMILES string of the molecule is CC(C)(NC(=O)[C@H](Cc1ccc(O)cc1)NC(=O)[C@H](CCC(=O)O)NC(=O)OCC1c2ccccc2-c2ccccc21)C(=O)N[C@@H](CC(N)=O)C(=O)NCC(=O)N[C@@H](CCCNC(=N)N)C(=O)N[C@@H](CCCCN)C(=O)N[C@@H](CCCCN)C(=O)N[C@@H](CCCNC(=N)N)C(=O)N[C@@H](CCCNC(=N)N)C(=O)O. The topological polar surface area (TPSA) is 676 Å². The third-order valence-electron chi connectivity index (χ3n) is 17.1. The van der Waals surface area contributed by atoms with E-state index < -0.39 is 163 Å². The van der Waals surface area contributed by atoms with E-state index in [9.17, 15) is 77.6 Å². The third kappa shape index (κ3) is 31.4. The largest absolute Gasteiger partial charge is 0.508 e. The lowest BCUT2D eigenvalue weighted by Crippen LogP contribution is -2.63. The molecule has 39 nitrogen and oxygen atoms in total. The van der Waals surface area contributed by atoms with Gasteiger partial charge >= 0.3 is 18.0 Å². The number of hydrogen-bond donors (Lipinski definition) is 25. The summed E-state index contributed by atoms with van der Waals surface area (Å²) in [6.45, 7) is 1.85. The molecule has 0 spiro atoms. The van der Waals surface area contributed by atoms with Gasteiger partial charge in [-0.15, -0.1) is 0 Å². The van der Waals surface area contributed by atoms with Gasteiger partial charge in [-0.3, -0.25) is 69.0 Å². The highest BCUT2D eigenvalue weighted by molar-refractivity contribution is 6.00. The molecule has 0 aliphatic heterocycles. The predicted octanol–water partition coefficient (Wildman–Crippen LogP) is -3.88. The van der Waals surface area contributed by atoms with Crippen LogP contribution in [0.25, 0.3) is 11.1 Å². The number of carboxylic acid groups (broad SMARTS) is 2. The van der Waals surface area contributed by atoms with Crippen molar-refractivity contribution in [2.45, 2.75) is 176 Å². The molecule has 0 unspecified atom stereocenters. The fourth-order valence-corrected chi connectivity index (χ4v) is 11.4. The van der Waals surface area contributed by atoms with Gasteiger partial charge in [-0.2, -0.15) is 0 Å². The number of primary amides is 1. The Morgan fingerprint density at radius 3 is 1.32 bits per heavy atom. The molecular weight excluding hydrogens is 1410 g/mol. The number of rotatable bonds is 49. The van der Waals surface area contributed by atoms with Gasteiger partial charge in [-0.1, -0.05) is 60.7 Å². The number of nitrogens with one attached hydrogen (secondary N) is 16. The third-order valence-corrected chi connectivity index (χ3v) is 17.1. The van der Waals surface area contributed by atoms with E-state index in [1.807, 2.05) is 48.5 Å². The second-order valence-corrected chi connectivity index (χ2v) is 26.1. The Balaban J connectivity index is 1.51. The van der Waals surface area contributed by atoms with Crippen molar-refractivity contribution >= 4 is 95.0 Å². The maximum atomic E-state index is 14.4. The summed E-state index contributed by atoms with van der Waals surface area (Å²) in [6, 6.07) is 8.35. The van der Waals surface area contributed by atoms with Crippen LogP contribution in [0.3, 0.4) is 0 Å². The van der Waals surface area contributed by atoms with Gasteiger partial charge < -0.3 is 124 Å². The van der Waals surface area contributed by atoms with E-state index in [4.69, 9.17) is 55.4 Å². The number of alkyl carbamates (subject to hydrolysis) is 1. The van der Waals surface area contributed by atoms with Crippen LogP contribution in [0.2, 0.25) is 0 Å². The summed E-state index contributed by atoms with van der Waals surface area (Å²) in [6.07, 6.45) is -2.31. The van der Waals surface area contributed by atoms with Crippen molar-refractivity contribution in [2.75, 3.05) is 45.9 Å². The number of aromatic hydroxyl groups is 1. The Hall–Kier alpha value is -11.9. The first kappa shape index (κ1) is 88.5. The monoisotopic (exact) mass is 1510 g/mol. The zero-order valence-corrected chi connectivity index (χ0v) is 60.4. The number of hydrogen-bond acceptors (Lipinski definition) is 20. The Morgan fingerprint density at radius 2 is 0.889 bits per heavy atom. The Morgan fingerprint density at radius 1 is 0.472 bits per heavy atom. The van der Waals surface area contributed by atoms with E-state index in [2.05, 4.69) is 69.1 Å². The van der Waals surface area contributed by atoms with Crippen LogP contribution in [-0.2, 0) is 68.7 Å². The Kier molecular flexibility index (Phi) is 37.3. The van der Waals surface area contributed by atoms with Gasteiger partial charge in [0.25, 0.3) is 0 Å². The minimum Gasteiger partial charge on any atom is -0.508 e. The van der Waals surface area contributed by atoms with Crippen LogP contribution in [-0.4, -0.2) is 210 Å². The number of carbonyl (C=O) groups excluding carboxylic acids is 11. The number of unbranched alkanes of at least 4 members (excludes halogenated alkanes) is 2. The summed E-state index contributed by atoms with van der Waals surface area (Å²) in [5.74, 6) is -14.5. The van der Waals surface area contributed by atoms with Crippen LogP contribution in [0.5, 0.6) is 5.75 Å². The molecular formula is C69H104N22O17. The van der Waals surface area contributed by atoms with Crippen molar-refractivity contribution < 1.29 is 82.4 Å². The highest BCUT2D eigenvalue weighted by Crippen LogP contribution is 2.44. The van der Waals surface area contributed by atoms with E-state index in [0.29, 0.717) is 18.4 Å². The van der Waals surface area contributed by atoms with E-state index in [0.717, 1.165) is 22.3 Å². The molecule has 592 valence electrons. The van der Waals surface area contributed by atoms with Crippen molar-refractivity contribution in [3.8, 4) is 16.9 Å². The van der Waals surface area contributed by atoms with Crippen molar-refractivity contribution in [3.05, 3.63) is 89.5 Å². The van der Waals surface area contributed by atoms with Crippen molar-refractivity contribution in [1.82, 2.24) is 69.1 Å². The molecule has 0 heterocycles. The fourth-order valence-electron chi connectivity index (χ4n) is 11.4. The van der Waals surface area contributed by atoms with E-state index in [-0.39, 0.29) is 134 Å². The van der Waals surface area contributed by atoms with Crippen LogP contribution in [0.4, 0.5) is 4.79 Å². The molecule has 0 radical (unpaired) electrons. The number of phenols is 1. The van der Waals surface area contributed by atoms with Crippen LogP contribution in [0.1, 0.15) is 133 Å². The maximum Gasteiger partial charge on any atom is 0.407 e. The highest BCUT2D eigenvalue weighted by Gasteiger charge is 2.39. The first-order valence-corrected chi connectivity index (χ1v) is 35.2. The zero-order chi connectivity index (χ0) is 80.0.